The molecule has 0 bridgehead atoms. The summed E-state index contributed by atoms with van der Waals surface area (Å²) in [6.07, 6.45) is 1.91. The predicted octanol–water partition coefficient (Wildman–Crippen LogP) is 2.02. The van der Waals surface area contributed by atoms with Crippen LogP contribution in [0.1, 0.15) is 5.56 Å². The summed E-state index contributed by atoms with van der Waals surface area (Å²) in [4.78, 5) is 4.19. The van der Waals surface area contributed by atoms with E-state index in [9.17, 15) is 0 Å². The highest BCUT2D eigenvalue weighted by atomic mass is 16.7. The highest BCUT2D eigenvalue weighted by molar-refractivity contribution is 5.70. The van der Waals surface area contributed by atoms with Crippen molar-refractivity contribution in [3.63, 3.8) is 0 Å². The number of benzene rings is 1. The van der Waals surface area contributed by atoms with Gasteiger partial charge >= 0.3 is 0 Å². The van der Waals surface area contributed by atoms with Crippen LogP contribution in [0.15, 0.2) is 30.5 Å². The Morgan fingerprint density at radius 2 is 2.00 bits per heavy atom. The van der Waals surface area contributed by atoms with Crippen LogP contribution in [0.25, 0.3) is 16.8 Å². The third-order valence-electron chi connectivity index (χ3n) is 3.34. The second-order valence-electron chi connectivity index (χ2n) is 4.72. The van der Waals surface area contributed by atoms with Gasteiger partial charge in [0.1, 0.15) is 0 Å². The van der Waals surface area contributed by atoms with Gasteiger partial charge in [0.2, 0.25) is 12.7 Å². The summed E-state index contributed by atoms with van der Waals surface area (Å²) in [5.41, 5.74) is 9.49. The van der Waals surface area contributed by atoms with Crippen molar-refractivity contribution in [1.82, 2.24) is 14.6 Å². The third-order valence-corrected chi connectivity index (χ3v) is 3.34. The van der Waals surface area contributed by atoms with E-state index in [-0.39, 0.29) is 12.7 Å². The summed E-state index contributed by atoms with van der Waals surface area (Å²) in [5.74, 6) is 1.81. The molecule has 0 amide bonds. The van der Waals surface area contributed by atoms with Crippen molar-refractivity contribution < 1.29 is 9.47 Å². The number of anilines is 1. The zero-order chi connectivity index (χ0) is 13.7. The SMILES string of the molecule is Cc1cc(-c2ccc3c(c2)OCO3)cn2nc(N)nc12. The average molecular weight is 268 g/mol. The lowest BCUT2D eigenvalue weighted by molar-refractivity contribution is 0.174. The first-order valence-electron chi connectivity index (χ1n) is 6.23. The Kier molecular flexibility index (Phi) is 2.14. The van der Waals surface area contributed by atoms with Crippen molar-refractivity contribution in [3.8, 4) is 22.6 Å². The molecule has 0 spiro atoms. The van der Waals surface area contributed by atoms with Crippen molar-refractivity contribution >= 4 is 11.6 Å². The highest BCUT2D eigenvalue weighted by Crippen LogP contribution is 2.36. The van der Waals surface area contributed by atoms with E-state index in [0.29, 0.717) is 0 Å². The van der Waals surface area contributed by atoms with Gasteiger partial charge in [-0.15, -0.1) is 5.10 Å². The van der Waals surface area contributed by atoms with E-state index in [2.05, 4.69) is 16.1 Å². The van der Waals surface area contributed by atoms with E-state index in [0.717, 1.165) is 33.8 Å². The standard InChI is InChI=1S/C14H12N4O2/c1-8-4-10(6-18-13(8)16-14(15)17-18)9-2-3-11-12(5-9)20-7-19-11/h2-6H,7H2,1H3,(H2,15,17). The van der Waals surface area contributed by atoms with Gasteiger partial charge in [-0.2, -0.15) is 4.98 Å². The smallest absolute Gasteiger partial charge is 0.240 e. The molecule has 0 radical (unpaired) electrons. The van der Waals surface area contributed by atoms with Crippen molar-refractivity contribution in [3.05, 3.63) is 36.0 Å². The van der Waals surface area contributed by atoms with Crippen LogP contribution in [0, 0.1) is 6.92 Å². The molecule has 0 atom stereocenters. The van der Waals surface area contributed by atoms with Gasteiger partial charge in [0.15, 0.2) is 17.1 Å². The lowest BCUT2D eigenvalue weighted by Crippen LogP contribution is -1.93. The number of hydrogen-bond acceptors (Lipinski definition) is 5. The molecule has 0 saturated heterocycles. The highest BCUT2D eigenvalue weighted by Gasteiger charge is 2.15. The molecule has 4 rings (SSSR count). The van der Waals surface area contributed by atoms with Crippen molar-refractivity contribution in [2.75, 3.05) is 12.5 Å². The maximum Gasteiger partial charge on any atom is 0.240 e. The molecule has 1 aliphatic heterocycles. The fourth-order valence-corrected chi connectivity index (χ4v) is 2.40. The van der Waals surface area contributed by atoms with Gasteiger partial charge < -0.3 is 15.2 Å². The first-order valence-corrected chi connectivity index (χ1v) is 6.23. The number of nitrogens with zero attached hydrogens (tertiary/aromatic N) is 3. The lowest BCUT2D eigenvalue weighted by atomic mass is 10.1. The molecule has 100 valence electrons. The molecule has 3 aromatic rings. The van der Waals surface area contributed by atoms with Gasteiger partial charge in [0.25, 0.3) is 0 Å². The van der Waals surface area contributed by atoms with E-state index in [1.54, 1.807) is 4.52 Å². The summed E-state index contributed by atoms with van der Waals surface area (Å²) in [7, 11) is 0. The molecular formula is C14H12N4O2. The Morgan fingerprint density at radius 3 is 2.90 bits per heavy atom. The van der Waals surface area contributed by atoms with E-state index in [1.807, 2.05) is 31.3 Å². The van der Waals surface area contributed by atoms with Crippen LogP contribution in [0.2, 0.25) is 0 Å². The Labute approximate surface area is 114 Å². The van der Waals surface area contributed by atoms with E-state index < -0.39 is 0 Å². The molecule has 6 heteroatoms. The van der Waals surface area contributed by atoms with E-state index in [4.69, 9.17) is 15.2 Å². The maximum atomic E-state index is 5.64. The Bertz CT molecular complexity index is 825. The number of aromatic nitrogens is 3. The first kappa shape index (κ1) is 11.1. The molecule has 0 unspecified atom stereocenters. The molecule has 20 heavy (non-hydrogen) atoms. The van der Waals surface area contributed by atoms with Crippen LogP contribution in [-0.4, -0.2) is 21.4 Å². The summed E-state index contributed by atoms with van der Waals surface area (Å²) >= 11 is 0. The van der Waals surface area contributed by atoms with Crippen LogP contribution in [0.4, 0.5) is 5.95 Å². The zero-order valence-electron chi connectivity index (χ0n) is 10.8. The molecule has 1 aliphatic rings. The summed E-state index contributed by atoms with van der Waals surface area (Å²) in [5, 5.41) is 4.16. The summed E-state index contributed by atoms with van der Waals surface area (Å²) in [6.45, 7) is 2.26. The molecule has 0 saturated carbocycles. The van der Waals surface area contributed by atoms with Gasteiger partial charge in [-0.1, -0.05) is 6.07 Å². The van der Waals surface area contributed by atoms with Crippen LogP contribution >= 0.6 is 0 Å². The normalized spacial score (nSPS) is 13.1. The number of hydrogen-bond donors (Lipinski definition) is 1. The largest absolute Gasteiger partial charge is 0.454 e. The van der Waals surface area contributed by atoms with Gasteiger partial charge in [0, 0.05) is 11.8 Å². The number of nitrogens with two attached hydrogens (primary N) is 1. The van der Waals surface area contributed by atoms with Crippen LogP contribution in [-0.2, 0) is 0 Å². The number of nitrogen functional groups attached to an aromatic ring is 1. The third kappa shape index (κ3) is 1.58. The zero-order valence-corrected chi connectivity index (χ0v) is 10.8. The Hall–Kier alpha value is -2.76. The van der Waals surface area contributed by atoms with Crippen LogP contribution < -0.4 is 15.2 Å². The molecule has 0 aliphatic carbocycles. The van der Waals surface area contributed by atoms with Crippen molar-refractivity contribution in [2.24, 2.45) is 0 Å². The second kappa shape index (κ2) is 3.86. The Morgan fingerprint density at radius 1 is 1.15 bits per heavy atom. The minimum Gasteiger partial charge on any atom is -0.454 e. The molecule has 2 N–H and O–H groups in total. The van der Waals surface area contributed by atoms with E-state index in [1.165, 1.54) is 0 Å². The molecule has 3 heterocycles. The minimum absolute atomic E-state index is 0.274. The molecule has 0 fully saturated rings. The van der Waals surface area contributed by atoms with Gasteiger partial charge in [-0.3, -0.25) is 0 Å². The average Bonchev–Trinajstić information content (AvgIpc) is 3.03. The number of rotatable bonds is 1. The van der Waals surface area contributed by atoms with E-state index >= 15 is 0 Å². The lowest BCUT2D eigenvalue weighted by Gasteiger charge is -2.05. The molecule has 2 aromatic heterocycles. The fourth-order valence-electron chi connectivity index (χ4n) is 2.40. The minimum atomic E-state index is 0.274. The van der Waals surface area contributed by atoms with Gasteiger partial charge in [-0.05, 0) is 36.2 Å². The number of fused-ring (bicyclic) bond motifs is 2. The van der Waals surface area contributed by atoms with Crippen LogP contribution in [0.5, 0.6) is 11.5 Å². The van der Waals surface area contributed by atoms with Gasteiger partial charge in [-0.25, -0.2) is 4.52 Å². The topological polar surface area (TPSA) is 74.7 Å². The number of ether oxygens (including phenoxy) is 2. The van der Waals surface area contributed by atoms with Crippen molar-refractivity contribution in [2.45, 2.75) is 6.92 Å². The summed E-state index contributed by atoms with van der Waals surface area (Å²) in [6, 6.07) is 7.92. The Balaban J connectivity index is 1.89. The summed E-state index contributed by atoms with van der Waals surface area (Å²) < 4.78 is 12.4. The maximum absolute atomic E-state index is 5.64. The first-order chi connectivity index (χ1) is 9.70. The molecular weight excluding hydrogens is 256 g/mol. The predicted molar refractivity (Wildman–Crippen MR) is 73.7 cm³/mol. The second-order valence-corrected chi connectivity index (χ2v) is 4.72. The molecule has 6 nitrogen and oxygen atoms in total. The number of aryl methyl sites for hydroxylation is 1. The molecule has 1 aromatic carbocycles. The number of pyridine rings is 1. The van der Waals surface area contributed by atoms with Gasteiger partial charge in [0.05, 0.1) is 0 Å². The quantitative estimate of drug-likeness (QED) is 0.730. The fraction of sp³-hybridized carbons (Fsp3) is 0.143. The van der Waals surface area contributed by atoms with Crippen LogP contribution in [0.3, 0.4) is 0 Å². The monoisotopic (exact) mass is 268 g/mol. The van der Waals surface area contributed by atoms with Crippen molar-refractivity contribution in [1.29, 1.82) is 0 Å².